The maximum absolute atomic E-state index is 12.4. The smallest absolute Gasteiger partial charge is 0.224 e. The molecule has 134 valence electrons. The number of ether oxygens (including phenoxy) is 1. The van der Waals surface area contributed by atoms with E-state index in [0.29, 0.717) is 25.3 Å². The van der Waals surface area contributed by atoms with Crippen molar-refractivity contribution in [2.24, 2.45) is 0 Å². The van der Waals surface area contributed by atoms with Gasteiger partial charge >= 0.3 is 0 Å². The monoisotopic (exact) mass is 334 g/mol. The van der Waals surface area contributed by atoms with Crippen molar-refractivity contribution >= 4 is 17.5 Å². The minimum Gasteiger partial charge on any atom is -0.492 e. The van der Waals surface area contributed by atoms with Crippen LogP contribution in [0, 0.1) is 0 Å². The van der Waals surface area contributed by atoms with E-state index in [1.165, 1.54) is 6.92 Å². The van der Waals surface area contributed by atoms with Gasteiger partial charge in [0.1, 0.15) is 5.75 Å². The van der Waals surface area contributed by atoms with E-state index in [-0.39, 0.29) is 11.8 Å². The molecule has 0 aliphatic carbocycles. The SMILES string of the molecule is CCCN(CCC)C(=O)CCN(C(C)=O)c1ccccc1OCC. The average Bonchev–Trinajstić information content (AvgIpc) is 2.56. The number of anilines is 1. The Morgan fingerprint density at radius 1 is 1.00 bits per heavy atom. The number of para-hydroxylation sites is 2. The van der Waals surface area contributed by atoms with Crippen molar-refractivity contribution in [1.29, 1.82) is 0 Å². The molecular formula is C19H30N2O3. The summed E-state index contributed by atoms with van der Waals surface area (Å²) in [5.74, 6) is 0.674. The number of hydrogen-bond acceptors (Lipinski definition) is 3. The minimum absolute atomic E-state index is 0.0903. The van der Waals surface area contributed by atoms with Crippen LogP contribution >= 0.6 is 0 Å². The molecule has 0 unspecified atom stereocenters. The summed E-state index contributed by atoms with van der Waals surface area (Å²) in [6.07, 6.45) is 2.20. The van der Waals surface area contributed by atoms with Crippen LogP contribution in [0.25, 0.3) is 0 Å². The minimum atomic E-state index is -0.0903. The fraction of sp³-hybridized carbons (Fsp3) is 0.579. The molecule has 24 heavy (non-hydrogen) atoms. The van der Waals surface area contributed by atoms with Crippen LogP contribution in [0.2, 0.25) is 0 Å². The molecule has 0 aliphatic heterocycles. The van der Waals surface area contributed by atoms with Gasteiger partial charge in [0, 0.05) is 33.0 Å². The number of carbonyl (C=O) groups is 2. The van der Waals surface area contributed by atoms with E-state index in [1.54, 1.807) is 4.90 Å². The van der Waals surface area contributed by atoms with Crippen molar-refractivity contribution in [3.05, 3.63) is 24.3 Å². The second-order valence-corrected chi connectivity index (χ2v) is 5.70. The van der Waals surface area contributed by atoms with E-state index < -0.39 is 0 Å². The van der Waals surface area contributed by atoms with Crippen LogP contribution < -0.4 is 9.64 Å². The third-order valence-corrected chi connectivity index (χ3v) is 3.73. The molecule has 0 saturated carbocycles. The third-order valence-electron chi connectivity index (χ3n) is 3.73. The summed E-state index contributed by atoms with van der Waals surface area (Å²) in [7, 11) is 0. The zero-order valence-corrected chi connectivity index (χ0v) is 15.4. The molecule has 0 aliphatic rings. The standard InChI is InChI=1S/C19H30N2O3/c1-5-13-20(14-6-2)19(23)12-15-21(16(4)22)17-10-8-9-11-18(17)24-7-3/h8-11H,5-7,12-15H2,1-4H3. The topological polar surface area (TPSA) is 49.9 Å². The van der Waals surface area contributed by atoms with E-state index in [1.807, 2.05) is 36.1 Å². The maximum Gasteiger partial charge on any atom is 0.224 e. The molecule has 0 N–H and O–H groups in total. The average molecular weight is 334 g/mol. The summed E-state index contributed by atoms with van der Waals surface area (Å²) >= 11 is 0. The van der Waals surface area contributed by atoms with Gasteiger partial charge < -0.3 is 14.5 Å². The molecule has 1 aromatic carbocycles. The first kappa shape index (κ1) is 20.0. The molecule has 5 heteroatoms. The zero-order valence-electron chi connectivity index (χ0n) is 15.4. The van der Waals surface area contributed by atoms with E-state index in [9.17, 15) is 9.59 Å². The van der Waals surface area contributed by atoms with E-state index >= 15 is 0 Å². The van der Waals surface area contributed by atoms with Gasteiger partial charge in [-0.3, -0.25) is 9.59 Å². The van der Waals surface area contributed by atoms with Crippen molar-refractivity contribution in [3.63, 3.8) is 0 Å². The molecule has 0 radical (unpaired) electrons. The lowest BCUT2D eigenvalue weighted by atomic mass is 10.2. The fourth-order valence-corrected chi connectivity index (χ4v) is 2.67. The van der Waals surface area contributed by atoms with Crippen molar-refractivity contribution in [3.8, 4) is 5.75 Å². The van der Waals surface area contributed by atoms with Crippen LogP contribution in [0.15, 0.2) is 24.3 Å². The van der Waals surface area contributed by atoms with Gasteiger partial charge in [0.2, 0.25) is 11.8 Å². The molecule has 0 bridgehead atoms. The number of rotatable bonds is 10. The van der Waals surface area contributed by atoms with Crippen LogP contribution in [0.5, 0.6) is 5.75 Å². The molecule has 0 fully saturated rings. The Kier molecular flexibility index (Phi) is 8.90. The molecular weight excluding hydrogens is 304 g/mol. The lowest BCUT2D eigenvalue weighted by Gasteiger charge is -2.26. The molecule has 2 amide bonds. The Hall–Kier alpha value is -2.04. The highest BCUT2D eigenvalue weighted by molar-refractivity contribution is 5.93. The summed E-state index contributed by atoms with van der Waals surface area (Å²) in [5, 5.41) is 0. The van der Waals surface area contributed by atoms with Gasteiger partial charge in [-0.2, -0.15) is 0 Å². The Morgan fingerprint density at radius 3 is 2.17 bits per heavy atom. The van der Waals surface area contributed by atoms with Crippen molar-refractivity contribution in [2.45, 2.75) is 47.0 Å². The van der Waals surface area contributed by atoms with E-state index in [4.69, 9.17) is 4.74 Å². The lowest BCUT2D eigenvalue weighted by molar-refractivity contribution is -0.131. The normalized spacial score (nSPS) is 10.3. The van der Waals surface area contributed by atoms with Gasteiger partial charge in [0.15, 0.2) is 0 Å². The van der Waals surface area contributed by atoms with Gasteiger partial charge in [-0.05, 0) is 31.9 Å². The van der Waals surface area contributed by atoms with Crippen LogP contribution in [0.1, 0.15) is 47.0 Å². The van der Waals surface area contributed by atoms with Gasteiger partial charge in [-0.1, -0.05) is 26.0 Å². The summed E-state index contributed by atoms with van der Waals surface area (Å²) < 4.78 is 5.61. The van der Waals surface area contributed by atoms with Crippen molar-refractivity contribution in [1.82, 2.24) is 4.90 Å². The summed E-state index contributed by atoms with van der Waals surface area (Å²) in [4.78, 5) is 28.0. The molecule has 0 atom stereocenters. The number of carbonyl (C=O) groups excluding carboxylic acids is 2. The van der Waals surface area contributed by atoms with E-state index in [0.717, 1.165) is 31.6 Å². The van der Waals surface area contributed by atoms with Gasteiger partial charge in [0.05, 0.1) is 12.3 Å². The summed E-state index contributed by atoms with van der Waals surface area (Å²) in [6, 6.07) is 7.45. The van der Waals surface area contributed by atoms with E-state index in [2.05, 4.69) is 13.8 Å². The highest BCUT2D eigenvalue weighted by Gasteiger charge is 2.19. The molecule has 0 saturated heterocycles. The van der Waals surface area contributed by atoms with Crippen LogP contribution in [0.4, 0.5) is 5.69 Å². The molecule has 5 nitrogen and oxygen atoms in total. The van der Waals surface area contributed by atoms with Crippen LogP contribution in [-0.4, -0.2) is 43.0 Å². The Balaban J connectivity index is 2.84. The van der Waals surface area contributed by atoms with Crippen molar-refractivity contribution < 1.29 is 14.3 Å². The first-order valence-corrected chi connectivity index (χ1v) is 8.82. The second kappa shape index (κ2) is 10.7. The molecule has 0 spiro atoms. The maximum atomic E-state index is 12.4. The van der Waals surface area contributed by atoms with Gasteiger partial charge in [-0.15, -0.1) is 0 Å². The Bertz CT molecular complexity index is 525. The first-order chi connectivity index (χ1) is 11.5. The van der Waals surface area contributed by atoms with Crippen LogP contribution in [-0.2, 0) is 9.59 Å². The summed E-state index contributed by atoms with van der Waals surface area (Å²) in [6.45, 7) is 9.98. The predicted molar refractivity (Wildman–Crippen MR) is 97.4 cm³/mol. The Morgan fingerprint density at radius 2 is 1.62 bits per heavy atom. The molecule has 0 heterocycles. The fourth-order valence-electron chi connectivity index (χ4n) is 2.67. The molecule has 1 aromatic rings. The highest BCUT2D eigenvalue weighted by atomic mass is 16.5. The van der Waals surface area contributed by atoms with Gasteiger partial charge in [-0.25, -0.2) is 0 Å². The number of hydrogen-bond donors (Lipinski definition) is 0. The third kappa shape index (κ3) is 5.87. The zero-order chi connectivity index (χ0) is 17.9. The first-order valence-electron chi connectivity index (χ1n) is 8.82. The number of amides is 2. The van der Waals surface area contributed by atoms with Gasteiger partial charge in [0.25, 0.3) is 0 Å². The summed E-state index contributed by atoms with van der Waals surface area (Å²) in [5.41, 5.74) is 0.720. The largest absolute Gasteiger partial charge is 0.492 e. The molecule has 0 aromatic heterocycles. The highest BCUT2D eigenvalue weighted by Crippen LogP contribution is 2.28. The number of benzene rings is 1. The lowest BCUT2D eigenvalue weighted by Crippen LogP contribution is -2.37. The number of nitrogens with zero attached hydrogens (tertiary/aromatic N) is 2. The quantitative estimate of drug-likeness (QED) is 0.658. The van der Waals surface area contributed by atoms with Crippen LogP contribution in [0.3, 0.4) is 0 Å². The second-order valence-electron chi connectivity index (χ2n) is 5.70. The predicted octanol–water partition coefficient (Wildman–Crippen LogP) is 3.48. The Labute approximate surface area is 145 Å². The molecule has 1 rings (SSSR count). The van der Waals surface area contributed by atoms with Crippen molar-refractivity contribution in [2.75, 3.05) is 31.1 Å².